The van der Waals surface area contributed by atoms with Crippen molar-refractivity contribution in [1.82, 2.24) is 9.47 Å². The molecule has 0 radical (unpaired) electrons. The third-order valence-electron chi connectivity index (χ3n) is 6.38. The van der Waals surface area contributed by atoms with Crippen LogP contribution in [0.1, 0.15) is 31.4 Å². The Kier molecular flexibility index (Phi) is 7.31. The van der Waals surface area contributed by atoms with Crippen LogP contribution < -0.4 is 15.5 Å². The van der Waals surface area contributed by atoms with E-state index in [1.807, 2.05) is 18.2 Å². The molecule has 2 aliphatic rings. The zero-order chi connectivity index (χ0) is 21.8. The van der Waals surface area contributed by atoms with Gasteiger partial charge >= 0.3 is 6.03 Å². The van der Waals surface area contributed by atoms with Crippen molar-refractivity contribution < 1.29 is 4.79 Å². The maximum absolute atomic E-state index is 12.0. The molecule has 168 valence electrons. The van der Waals surface area contributed by atoms with E-state index in [0.717, 1.165) is 69.9 Å². The first-order valence-corrected chi connectivity index (χ1v) is 12.0. The fourth-order valence-corrected chi connectivity index (χ4v) is 5.03. The second-order valence-electron chi connectivity index (χ2n) is 8.44. The highest BCUT2D eigenvalue weighted by molar-refractivity contribution is 6.43. The summed E-state index contributed by atoms with van der Waals surface area (Å²) >= 11 is 12.5. The predicted octanol–water partition coefficient (Wildman–Crippen LogP) is 4.62. The third kappa shape index (κ3) is 5.30. The third-order valence-corrected chi connectivity index (χ3v) is 7.19. The number of unbranched alkanes of at least 4 members (excludes halogenated alkanes) is 1. The lowest BCUT2D eigenvalue weighted by Crippen LogP contribution is -2.46. The second kappa shape index (κ2) is 10.2. The van der Waals surface area contributed by atoms with Crippen molar-refractivity contribution in [2.75, 3.05) is 49.1 Å². The minimum atomic E-state index is -0.366. The van der Waals surface area contributed by atoms with Crippen LogP contribution in [0.15, 0.2) is 30.5 Å². The van der Waals surface area contributed by atoms with Gasteiger partial charge in [-0.3, -0.25) is 9.80 Å². The van der Waals surface area contributed by atoms with E-state index in [1.54, 1.807) is 4.90 Å². The molecule has 8 heteroatoms. The number of carbonyl (C=O) groups is 1. The summed E-state index contributed by atoms with van der Waals surface area (Å²) in [5, 5.41) is 1.24. The van der Waals surface area contributed by atoms with E-state index in [1.165, 1.54) is 18.5 Å². The molecule has 2 N–H and O–H groups in total. The van der Waals surface area contributed by atoms with Crippen LogP contribution in [0.4, 0.5) is 16.2 Å². The summed E-state index contributed by atoms with van der Waals surface area (Å²) in [5.74, 6) is 0. The van der Waals surface area contributed by atoms with Crippen LogP contribution in [-0.4, -0.2) is 54.8 Å². The molecule has 0 saturated carbocycles. The Bertz CT molecular complexity index is 884. The van der Waals surface area contributed by atoms with E-state index < -0.39 is 0 Å². The smallest absolute Gasteiger partial charge is 0.319 e. The first kappa shape index (κ1) is 22.3. The molecule has 4 rings (SSSR count). The first-order valence-electron chi connectivity index (χ1n) is 11.2. The van der Waals surface area contributed by atoms with Gasteiger partial charge in [0.15, 0.2) is 0 Å². The SMILES string of the molecule is NC(=O)N(CCCCN1CCN(c2cccc(Cl)c2Cl)CC1)c1cc2n(c1)CCCC2. The average molecular weight is 464 g/mol. The molecule has 0 spiro atoms. The molecule has 1 aromatic heterocycles. The summed E-state index contributed by atoms with van der Waals surface area (Å²) in [6.45, 7) is 6.58. The van der Waals surface area contributed by atoms with Gasteiger partial charge in [0, 0.05) is 51.2 Å². The average Bonchev–Trinajstić information content (AvgIpc) is 3.19. The van der Waals surface area contributed by atoms with Gasteiger partial charge in [0.2, 0.25) is 0 Å². The Morgan fingerprint density at radius 3 is 2.61 bits per heavy atom. The monoisotopic (exact) mass is 463 g/mol. The van der Waals surface area contributed by atoms with E-state index in [-0.39, 0.29) is 6.03 Å². The van der Waals surface area contributed by atoms with Gasteiger partial charge in [-0.15, -0.1) is 0 Å². The molecule has 0 bridgehead atoms. The number of anilines is 2. The zero-order valence-electron chi connectivity index (χ0n) is 17.9. The highest BCUT2D eigenvalue weighted by Gasteiger charge is 2.21. The molecule has 0 aliphatic carbocycles. The molecule has 3 heterocycles. The topological polar surface area (TPSA) is 57.7 Å². The fourth-order valence-electron chi connectivity index (χ4n) is 4.61. The summed E-state index contributed by atoms with van der Waals surface area (Å²) < 4.78 is 2.26. The van der Waals surface area contributed by atoms with Crippen LogP contribution in [0.25, 0.3) is 0 Å². The lowest BCUT2D eigenvalue weighted by molar-refractivity contribution is 0.249. The molecule has 0 unspecified atom stereocenters. The number of fused-ring (bicyclic) bond motifs is 1. The van der Waals surface area contributed by atoms with Gasteiger partial charge in [-0.1, -0.05) is 29.3 Å². The number of nitrogens with zero attached hydrogens (tertiary/aromatic N) is 4. The van der Waals surface area contributed by atoms with Crippen LogP contribution >= 0.6 is 23.2 Å². The number of nitrogens with two attached hydrogens (primary N) is 1. The molecular formula is C23H31Cl2N5O. The molecular weight excluding hydrogens is 433 g/mol. The van der Waals surface area contributed by atoms with E-state index in [2.05, 4.69) is 26.6 Å². The van der Waals surface area contributed by atoms with Crippen molar-refractivity contribution in [3.8, 4) is 0 Å². The van der Waals surface area contributed by atoms with Gasteiger partial charge < -0.3 is 15.2 Å². The van der Waals surface area contributed by atoms with E-state index in [9.17, 15) is 4.79 Å². The summed E-state index contributed by atoms with van der Waals surface area (Å²) in [7, 11) is 0. The lowest BCUT2D eigenvalue weighted by Gasteiger charge is -2.36. The number of amides is 2. The van der Waals surface area contributed by atoms with Gasteiger partial charge in [-0.25, -0.2) is 4.79 Å². The first-order chi connectivity index (χ1) is 15.0. The highest BCUT2D eigenvalue weighted by atomic mass is 35.5. The van der Waals surface area contributed by atoms with Crippen LogP contribution in [0.5, 0.6) is 0 Å². The minimum Gasteiger partial charge on any atom is -0.368 e. The Hall–Kier alpha value is -1.89. The summed E-state index contributed by atoms with van der Waals surface area (Å²) in [5.41, 5.74) is 8.95. The van der Waals surface area contributed by atoms with E-state index in [4.69, 9.17) is 28.9 Å². The van der Waals surface area contributed by atoms with Gasteiger partial charge in [0.1, 0.15) is 0 Å². The summed E-state index contributed by atoms with van der Waals surface area (Å²) in [6, 6.07) is 7.56. The Morgan fingerprint density at radius 1 is 1.06 bits per heavy atom. The van der Waals surface area contributed by atoms with Crippen molar-refractivity contribution in [3.63, 3.8) is 0 Å². The number of hydrogen-bond donors (Lipinski definition) is 1. The largest absolute Gasteiger partial charge is 0.368 e. The lowest BCUT2D eigenvalue weighted by atomic mass is 10.1. The maximum atomic E-state index is 12.0. The number of benzene rings is 1. The van der Waals surface area contributed by atoms with Crippen molar-refractivity contribution in [2.45, 2.75) is 38.6 Å². The predicted molar refractivity (Wildman–Crippen MR) is 129 cm³/mol. The van der Waals surface area contributed by atoms with Gasteiger partial charge in [-0.2, -0.15) is 0 Å². The second-order valence-corrected chi connectivity index (χ2v) is 9.22. The number of rotatable bonds is 7. The molecule has 1 fully saturated rings. The van der Waals surface area contributed by atoms with E-state index in [0.29, 0.717) is 16.6 Å². The molecule has 2 aliphatic heterocycles. The van der Waals surface area contributed by atoms with Gasteiger partial charge in [0.05, 0.1) is 21.4 Å². The van der Waals surface area contributed by atoms with Crippen LogP contribution in [0.3, 0.4) is 0 Å². The number of aryl methyl sites for hydroxylation is 2. The van der Waals surface area contributed by atoms with Crippen LogP contribution in [0.2, 0.25) is 10.0 Å². The number of urea groups is 1. The summed E-state index contributed by atoms with van der Waals surface area (Å²) in [4.78, 5) is 18.5. The number of primary amides is 1. The molecule has 2 aromatic rings. The van der Waals surface area contributed by atoms with Crippen molar-refractivity contribution in [2.24, 2.45) is 5.73 Å². The highest BCUT2D eigenvalue weighted by Crippen LogP contribution is 2.33. The Balaban J connectivity index is 1.23. The number of aromatic nitrogens is 1. The fraction of sp³-hybridized carbons (Fsp3) is 0.522. The van der Waals surface area contributed by atoms with Gasteiger partial charge in [-0.05, 0) is 56.8 Å². The normalized spacial score (nSPS) is 16.9. The molecule has 1 aromatic carbocycles. The van der Waals surface area contributed by atoms with Crippen LogP contribution in [-0.2, 0) is 13.0 Å². The standard InChI is InChI=1S/C23H31Cl2N5O/c24-20-7-5-8-21(22(20)25)28-14-12-27(13-15-28)9-3-4-11-30(23(26)31)19-16-18-6-1-2-10-29(18)17-19/h5,7-8,16-17H,1-4,6,9-15H2,(H2,26,31). The van der Waals surface area contributed by atoms with Crippen molar-refractivity contribution in [1.29, 1.82) is 0 Å². The minimum absolute atomic E-state index is 0.366. The van der Waals surface area contributed by atoms with Crippen LogP contribution in [0, 0.1) is 0 Å². The molecule has 0 atom stereocenters. The van der Waals surface area contributed by atoms with E-state index >= 15 is 0 Å². The zero-order valence-corrected chi connectivity index (χ0v) is 19.4. The number of halogens is 2. The Labute approximate surface area is 194 Å². The van der Waals surface area contributed by atoms with Gasteiger partial charge in [0.25, 0.3) is 0 Å². The molecule has 6 nitrogen and oxygen atoms in total. The maximum Gasteiger partial charge on any atom is 0.319 e. The summed E-state index contributed by atoms with van der Waals surface area (Å²) in [6.07, 6.45) is 7.56. The molecule has 31 heavy (non-hydrogen) atoms. The van der Waals surface area contributed by atoms with Crippen molar-refractivity contribution >= 4 is 40.6 Å². The Morgan fingerprint density at radius 2 is 1.87 bits per heavy atom. The molecule has 2 amide bonds. The molecule has 1 saturated heterocycles. The quantitative estimate of drug-likeness (QED) is 0.609. The number of piperazine rings is 1. The number of hydrogen-bond acceptors (Lipinski definition) is 3. The number of carbonyl (C=O) groups excluding carboxylic acids is 1. The van der Waals surface area contributed by atoms with Crippen molar-refractivity contribution in [3.05, 3.63) is 46.2 Å².